The van der Waals surface area contributed by atoms with E-state index in [0.29, 0.717) is 5.41 Å². The zero-order valence-corrected chi connectivity index (χ0v) is 11.1. The lowest BCUT2D eigenvalue weighted by Crippen LogP contribution is -2.31. The van der Waals surface area contributed by atoms with Crippen LogP contribution in [0, 0.1) is 18.3 Å². The maximum atomic E-state index is 2.44. The van der Waals surface area contributed by atoms with Gasteiger partial charge in [0.25, 0.3) is 0 Å². The van der Waals surface area contributed by atoms with Crippen LogP contribution in [0.2, 0.25) is 0 Å². The number of hydrogen-bond donors (Lipinski definition) is 0. The molecular formula is C16H24. The third-order valence-electron chi connectivity index (χ3n) is 4.29. The molecule has 1 aliphatic rings. The van der Waals surface area contributed by atoms with E-state index < -0.39 is 0 Å². The van der Waals surface area contributed by atoms with Gasteiger partial charge >= 0.3 is 0 Å². The van der Waals surface area contributed by atoms with Crippen LogP contribution in [0.4, 0.5) is 0 Å². The van der Waals surface area contributed by atoms with Crippen LogP contribution in [0.5, 0.6) is 0 Å². The fourth-order valence-electron chi connectivity index (χ4n) is 3.62. The number of rotatable bonds is 1. The summed E-state index contributed by atoms with van der Waals surface area (Å²) in [4.78, 5) is 0. The average Bonchev–Trinajstić information content (AvgIpc) is 2.15. The van der Waals surface area contributed by atoms with Crippen LogP contribution in [0.15, 0.2) is 24.3 Å². The Morgan fingerprint density at radius 2 is 2.00 bits per heavy atom. The van der Waals surface area contributed by atoms with Gasteiger partial charge in [0.1, 0.15) is 0 Å². The molecule has 16 heavy (non-hydrogen) atoms. The summed E-state index contributed by atoms with van der Waals surface area (Å²) in [6.45, 7) is 9.50. The molecule has 1 saturated carbocycles. The van der Waals surface area contributed by atoms with Crippen LogP contribution in [-0.4, -0.2) is 0 Å². The van der Waals surface area contributed by atoms with Crippen molar-refractivity contribution in [2.24, 2.45) is 11.3 Å². The smallest absolute Gasteiger partial charge is 0.00848 e. The minimum absolute atomic E-state index is 0.464. The monoisotopic (exact) mass is 216 g/mol. The Kier molecular flexibility index (Phi) is 3.10. The second kappa shape index (κ2) is 4.24. The molecule has 0 nitrogen and oxygen atoms in total. The highest BCUT2D eigenvalue weighted by Gasteiger charge is 2.37. The van der Waals surface area contributed by atoms with Gasteiger partial charge in [-0.3, -0.25) is 0 Å². The third-order valence-corrected chi connectivity index (χ3v) is 4.29. The Hall–Kier alpha value is -0.780. The van der Waals surface area contributed by atoms with E-state index in [2.05, 4.69) is 52.0 Å². The highest BCUT2D eigenvalue weighted by molar-refractivity contribution is 5.28. The molecule has 1 aliphatic carbocycles. The second-order valence-electron chi connectivity index (χ2n) is 6.25. The topological polar surface area (TPSA) is 0 Å². The lowest BCUT2D eigenvalue weighted by atomic mass is 9.62. The molecule has 0 saturated heterocycles. The summed E-state index contributed by atoms with van der Waals surface area (Å²) >= 11 is 0. The Morgan fingerprint density at radius 3 is 2.62 bits per heavy atom. The standard InChI is InChI=1S/C16H24/c1-12-7-5-9-14(11-12)15-13(2)8-6-10-16(15,3)4/h5,7,9,11,13,15H,6,8,10H2,1-4H3. The van der Waals surface area contributed by atoms with E-state index in [9.17, 15) is 0 Å². The van der Waals surface area contributed by atoms with Crippen LogP contribution in [-0.2, 0) is 0 Å². The number of aryl methyl sites for hydroxylation is 1. The van der Waals surface area contributed by atoms with E-state index in [-0.39, 0.29) is 0 Å². The summed E-state index contributed by atoms with van der Waals surface area (Å²) in [5.41, 5.74) is 3.41. The first kappa shape index (κ1) is 11.7. The van der Waals surface area contributed by atoms with E-state index >= 15 is 0 Å². The summed E-state index contributed by atoms with van der Waals surface area (Å²) < 4.78 is 0. The molecule has 2 unspecified atom stereocenters. The van der Waals surface area contributed by atoms with Gasteiger partial charge in [0.2, 0.25) is 0 Å². The Labute approximate surface area is 100 Å². The highest BCUT2D eigenvalue weighted by Crippen LogP contribution is 2.49. The van der Waals surface area contributed by atoms with E-state index in [0.717, 1.165) is 11.8 Å². The van der Waals surface area contributed by atoms with Gasteiger partial charge in [-0.25, -0.2) is 0 Å². The van der Waals surface area contributed by atoms with Crippen LogP contribution >= 0.6 is 0 Å². The molecule has 0 bridgehead atoms. The van der Waals surface area contributed by atoms with Gasteiger partial charge in [-0.2, -0.15) is 0 Å². The first-order chi connectivity index (χ1) is 7.50. The minimum Gasteiger partial charge on any atom is -0.0619 e. The third kappa shape index (κ3) is 2.16. The van der Waals surface area contributed by atoms with Crippen molar-refractivity contribution in [3.05, 3.63) is 35.4 Å². The Morgan fingerprint density at radius 1 is 1.25 bits per heavy atom. The van der Waals surface area contributed by atoms with Gasteiger partial charge in [0, 0.05) is 0 Å². The van der Waals surface area contributed by atoms with E-state index in [1.165, 1.54) is 24.8 Å². The first-order valence-electron chi connectivity index (χ1n) is 6.57. The summed E-state index contributed by atoms with van der Waals surface area (Å²) in [7, 11) is 0. The molecule has 0 spiro atoms. The second-order valence-corrected chi connectivity index (χ2v) is 6.25. The maximum Gasteiger partial charge on any atom is -0.00848 e. The fraction of sp³-hybridized carbons (Fsp3) is 0.625. The number of benzene rings is 1. The van der Waals surface area contributed by atoms with Crippen molar-refractivity contribution < 1.29 is 0 Å². The van der Waals surface area contributed by atoms with Gasteiger partial charge in [-0.05, 0) is 36.2 Å². The summed E-state index contributed by atoms with van der Waals surface area (Å²) in [6, 6.07) is 9.11. The molecule has 1 fully saturated rings. The van der Waals surface area contributed by atoms with Gasteiger partial charge in [-0.15, -0.1) is 0 Å². The molecular weight excluding hydrogens is 192 g/mol. The van der Waals surface area contributed by atoms with E-state index in [1.807, 2.05) is 0 Å². The molecule has 0 heteroatoms. The average molecular weight is 216 g/mol. The molecule has 88 valence electrons. The molecule has 2 rings (SSSR count). The molecule has 0 radical (unpaired) electrons. The predicted octanol–water partition coefficient (Wildman–Crippen LogP) is 4.92. The zero-order chi connectivity index (χ0) is 11.8. The van der Waals surface area contributed by atoms with E-state index in [4.69, 9.17) is 0 Å². The Bertz CT molecular complexity index is 362. The summed E-state index contributed by atoms with van der Waals surface area (Å²) in [5.74, 6) is 1.56. The van der Waals surface area contributed by atoms with Crippen LogP contribution in [0.25, 0.3) is 0 Å². The van der Waals surface area contributed by atoms with Gasteiger partial charge in [0.05, 0.1) is 0 Å². The molecule has 1 aromatic carbocycles. The predicted molar refractivity (Wildman–Crippen MR) is 70.7 cm³/mol. The van der Waals surface area contributed by atoms with Crippen molar-refractivity contribution in [2.75, 3.05) is 0 Å². The SMILES string of the molecule is Cc1cccc(C2C(C)CCCC2(C)C)c1. The molecule has 1 aromatic rings. The maximum absolute atomic E-state index is 2.44. The summed E-state index contributed by atoms with van der Waals surface area (Å²) in [5, 5.41) is 0. The normalized spacial score (nSPS) is 29.0. The van der Waals surface area contributed by atoms with Gasteiger partial charge in [0.15, 0.2) is 0 Å². The fourth-order valence-corrected chi connectivity index (χ4v) is 3.62. The van der Waals surface area contributed by atoms with Gasteiger partial charge < -0.3 is 0 Å². The zero-order valence-electron chi connectivity index (χ0n) is 11.1. The van der Waals surface area contributed by atoms with Gasteiger partial charge in [-0.1, -0.05) is 63.4 Å². The van der Waals surface area contributed by atoms with Crippen LogP contribution < -0.4 is 0 Å². The molecule has 0 aliphatic heterocycles. The quantitative estimate of drug-likeness (QED) is 0.624. The van der Waals surface area contributed by atoms with E-state index in [1.54, 1.807) is 5.56 Å². The highest BCUT2D eigenvalue weighted by atomic mass is 14.4. The van der Waals surface area contributed by atoms with Crippen LogP contribution in [0.3, 0.4) is 0 Å². The minimum atomic E-state index is 0.464. The van der Waals surface area contributed by atoms with Crippen molar-refractivity contribution in [3.8, 4) is 0 Å². The molecule has 0 amide bonds. The molecule has 0 heterocycles. The molecule has 0 N–H and O–H groups in total. The molecule has 2 atom stereocenters. The summed E-state index contributed by atoms with van der Waals surface area (Å²) in [6.07, 6.45) is 4.16. The lowest BCUT2D eigenvalue weighted by Gasteiger charge is -2.43. The molecule has 0 aromatic heterocycles. The van der Waals surface area contributed by atoms with Crippen molar-refractivity contribution in [1.82, 2.24) is 0 Å². The van der Waals surface area contributed by atoms with Crippen molar-refractivity contribution in [1.29, 1.82) is 0 Å². The number of hydrogen-bond acceptors (Lipinski definition) is 0. The van der Waals surface area contributed by atoms with Crippen molar-refractivity contribution in [3.63, 3.8) is 0 Å². The van der Waals surface area contributed by atoms with Crippen molar-refractivity contribution >= 4 is 0 Å². The Balaban J connectivity index is 2.36. The van der Waals surface area contributed by atoms with Crippen LogP contribution in [0.1, 0.15) is 57.1 Å². The first-order valence-corrected chi connectivity index (χ1v) is 6.57. The largest absolute Gasteiger partial charge is 0.0619 e. The van der Waals surface area contributed by atoms with Crippen molar-refractivity contribution in [2.45, 2.75) is 52.9 Å². The lowest BCUT2D eigenvalue weighted by molar-refractivity contribution is 0.146.